The van der Waals surface area contributed by atoms with Crippen molar-refractivity contribution in [3.05, 3.63) is 35.4 Å². The number of fused-ring (bicyclic) bond motifs is 1. The van der Waals surface area contributed by atoms with E-state index in [1.807, 2.05) is 6.07 Å². The zero-order chi connectivity index (χ0) is 9.80. The van der Waals surface area contributed by atoms with Crippen LogP contribution in [0.1, 0.15) is 30.4 Å². The van der Waals surface area contributed by atoms with Gasteiger partial charge in [-0.2, -0.15) is 0 Å². The maximum absolute atomic E-state index is 5.23. The lowest BCUT2D eigenvalue weighted by Crippen LogP contribution is -1.94. The molecule has 1 aromatic rings. The molecule has 0 spiro atoms. The van der Waals surface area contributed by atoms with Crippen molar-refractivity contribution in [3.63, 3.8) is 0 Å². The van der Waals surface area contributed by atoms with E-state index in [0.29, 0.717) is 0 Å². The average molecular weight is 188 g/mol. The largest absolute Gasteiger partial charge is 0.497 e. The molecule has 0 aromatic heterocycles. The Labute approximate surface area is 85.4 Å². The summed E-state index contributed by atoms with van der Waals surface area (Å²) in [7, 11) is 1.72. The monoisotopic (exact) mass is 188 g/mol. The first-order chi connectivity index (χ1) is 6.90. The van der Waals surface area contributed by atoms with Gasteiger partial charge >= 0.3 is 0 Å². The summed E-state index contributed by atoms with van der Waals surface area (Å²) >= 11 is 0. The quantitative estimate of drug-likeness (QED) is 0.656. The second kappa shape index (κ2) is 4.32. The van der Waals surface area contributed by atoms with E-state index in [1.165, 1.54) is 36.8 Å². The Balaban J connectivity index is 2.36. The van der Waals surface area contributed by atoms with Crippen molar-refractivity contribution in [1.29, 1.82) is 0 Å². The Hall–Kier alpha value is -1.24. The average Bonchev–Trinajstić information content (AvgIpc) is 2.18. The molecule has 74 valence electrons. The standard InChI is InChI=1S/C13H16O/c1-14-13-9-8-11-6-4-2-3-5-7-12(11)10-13/h4,6,8-10H,2-3,5,7H2,1H3/b6-4-. The molecule has 1 aromatic carbocycles. The van der Waals surface area contributed by atoms with Gasteiger partial charge in [-0.25, -0.2) is 0 Å². The summed E-state index contributed by atoms with van der Waals surface area (Å²) in [5.74, 6) is 0.970. The summed E-state index contributed by atoms with van der Waals surface area (Å²) in [4.78, 5) is 0. The minimum atomic E-state index is 0.970. The highest BCUT2D eigenvalue weighted by Crippen LogP contribution is 2.23. The van der Waals surface area contributed by atoms with Gasteiger partial charge in [-0.3, -0.25) is 0 Å². The zero-order valence-electron chi connectivity index (χ0n) is 8.62. The van der Waals surface area contributed by atoms with Crippen LogP contribution < -0.4 is 4.74 Å². The maximum atomic E-state index is 5.23. The molecule has 0 saturated carbocycles. The Morgan fingerprint density at radius 2 is 2.14 bits per heavy atom. The number of ether oxygens (including phenoxy) is 1. The van der Waals surface area contributed by atoms with Crippen LogP contribution in [0.2, 0.25) is 0 Å². The maximum Gasteiger partial charge on any atom is 0.119 e. The number of methoxy groups -OCH3 is 1. The van der Waals surface area contributed by atoms with E-state index in [9.17, 15) is 0 Å². The molecule has 14 heavy (non-hydrogen) atoms. The fourth-order valence-corrected chi connectivity index (χ4v) is 1.88. The number of hydrogen-bond acceptors (Lipinski definition) is 1. The zero-order valence-corrected chi connectivity index (χ0v) is 8.62. The molecule has 0 saturated heterocycles. The SMILES string of the molecule is COc1ccc2c(c1)CCCC/C=C\2. The van der Waals surface area contributed by atoms with Gasteiger partial charge in [0.1, 0.15) is 5.75 Å². The Bertz CT molecular complexity index is 339. The molecule has 0 N–H and O–H groups in total. The molecular weight excluding hydrogens is 172 g/mol. The van der Waals surface area contributed by atoms with Crippen molar-refractivity contribution in [2.45, 2.75) is 25.7 Å². The van der Waals surface area contributed by atoms with Gasteiger partial charge in [0.05, 0.1) is 7.11 Å². The van der Waals surface area contributed by atoms with Crippen LogP contribution in [-0.4, -0.2) is 7.11 Å². The van der Waals surface area contributed by atoms with Crippen LogP contribution in [0.4, 0.5) is 0 Å². The van der Waals surface area contributed by atoms with Crippen molar-refractivity contribution < 1.29 is 4.74 Å². The topological polar surface area (TPSA) is 9.23 Å². The van der Waals surface area contributed by atoms with Crippen LogP contribution in [0.15, 0.2) is 24.3 Å². The summed E-state index contributed by atoms with van der Waals surface area (Å²) < 4.78 is 5.23. The van der Waals surface area contributed by atoms with Crippen molar-refractivity contribution in [1.82, 2.24) is 0 Å². The molecule has 0 heterocycles. The van der Waals surface area contributed by atoms with Gasteiger partial charge in [0.2, 0.25) is 0 Å². The normalized spacial score (nSPS) is 17.8. The molecule has 0 aliphatic heterocycles. The van der Waals surface area contributed by atoms with Gasteiger partial charge in [0, 0.05) is 0 Å². The third kappa shape index (κ3) is 1.98. The molecule has 0 fully saturated rings. The lowest BCUT2D eigenvalue weighted by molar-refractivity contribution is 0.414. The van der Waals surface area contributed by atoms with Crippen LogP contribution in [0.3, 0.4) is 0 Å². The highest BCUT2D eigenvalue weighted by molar-refractivity contribution is 5.56. The third-order valence-corrected chi connectivity index (χ3v) is 2.71. The first-order valence-corrected chi connectivity index (χ1v) is 5.23. The molecule has 1 aliphatic rings. The van der Waals surface area contributed by atoms with E-state index in [1.54, 1.807) is 7.11 Å². The number of allylic oxidation sites excluding steroid dienone is 1. The molecule has 0 amide bonds. The van der Waals surface area contributed by atoms with Gasteiger partial charge < -0.3 is 4.74 Å². The molecule has 0 unspecified atom stereocenters. The minimum Gasteiger partial charge on any atom is -0.497 e. The molecule has 1 nitrogen and oxygen atoms in total. The van der Waals surface area contributed by atoms with Gasteiger partial charge in [-0.05, 0) is 48.9 Å². The van der Waals surface area contributed by atoms with E-state index in [-0.39, 0.29) is 0 Å². The number of aryl methyl sites for hydroxylation is 1. The molecule has 2 rings (SSSR count). The van der Waals surface area contributed by atoms with Crippen LogP contribution >= 0.6 is 0 Å². The summed E-state index contributed by atoms with van der Waals surface area (Å²) in [6.45, 7) is 0. The second-order valence-corrected chi connectivity index (χ2v) is 3.71. The van der Waals surface area contributed by atoms with Crippen molar-refractivity contribution in [2.75, 3.05) is 7.11 Å². The second-order valence-electron chi connectivity index (χ2n) is 3.71. The first kappa shape index (κ1) is 9.32. The fraction of sp³-hybridized carbons (Fsp3) is 0.385. The van der Waals surface area contributed by atoms with Crippen LogP contribution in [0.5, 0.6) is 5.75 Å². The minimum absolute atomic E-state index is 0.970. The van der Waals surface area contributed by atoms with Crippen molar-refractivity contribution in [2.24, 2.45) is 0 Å². The van der Waals surface area contributed by atoms with Gasteiger partial charge in [0.25, 0.3) is 0 Å². The fourth-order valence-electron chi connectivity index (χ4n) is 1.88. The van der Waals surface area contributed by atoms with Crippen molar-refractivity contribution in [3.8, 4) is 5.75 Å². The predicted molar refractivity (Wildman–Crippen MR) is 59.6 cm³/mol. The lowest BCUT2D eigenvalue weighted by Gasteiger charge is -2.10. The Morgan fingerprint density at radius 3 is 3.00 bits per heavy atom. The van der Waals surface area contributed by atoms with Crippen LogP contribution in [0.25, 0.3) is 6.08 Å². The first-order valence-electron chi connectivity index (χ1n) is 5.23. The molecule has 0 bridgehead atoms. The van der Waals surface area contributed by atoms with Gasteiger partial charge in [-0.1, -0.05) is 18.2 Å². The third-order valence-electron chi connectivity index (χ3n) is 2.71. The van der Waals surface area contributed by atoms with E-state index < -0.39 is 0 Å². The van der Waals surface area contributed by atoms with Gasteiger partial charge in [0.15, 0.2) is 0 Å². The highest BCUT2D eigenvalue weighted by Gasteiger charge is 2.03. The Kier molecular flexibility index (Phi) is 2.87. The summed E-state index contributed by atoms with van der Waals surface area (Å²) in [6.07, 6.45) is 9.47. The number of rotatable bonds is 1. The molecule has 1 heteroatoms. The number of benzene rings is 1. The van der Waals surface area contributed by atoms with Gasteiger partial charge in [-0.15, -0.1) is 0 Å². The lowest BCUT2D eigenvalue weighted by atomic mass is 9.97. The number of hydrogen-bond donors (Lipinski definition) is 0. The van der Waals surface area contributed by atoms with E-state index >= 15 is 0 Å². The molecular formula is C13H16O. The van der Waals surface area contributed by atoms with Crippen LogP contribution in [0, 0.1) is 0 Å². The smallest absolute Gasteiger partial charge is 0.119 e. The summed E-state index contributed by atoms with van der Waals surface area (Å²) in [5.41, 5.74) is 2.77. The summed E-state index contributed by atoms with van der Waals surface area (Å²) in [5, 5.41) is 0. The van der Waals surface area contributed by atoms with E-state index in [4.69, 9.17) is 4.74 Å². The molecule has 1 aliphatic carbocycles. The van der Waals surface area contributed by atoms with E-state index in [2.05, 4.69) is 24.3 Å². The summed E-state index contributed by atoms with van der Waals surface area (Å²) in [6, 6.07) is 6.34. The predicted octanol–water partition coefficient (Wildman–Crippen LogP) is 3.43. The van der Waals surface area contributed by atoms with Crippen LogP contribution in [-0.2, 0) is 6.42 Å². The highest BCUT2D eigenvalue weighted by atomic mass is 16.5. The van der Waals surface area contributed by atoms with Crippen molar-refractivity contribution >= 4 is 6.08 Å². The van der Waals surface area contributed by atoms with E-state index in [0.717, 1.165) is 5.75 Å². The Morgan fingerprint density at radius 1 is 1.21 bits per heavy atom. The molecule has 0 radical (unpaired) electrons. The molecule has 0 atom stereocenters.